The Morgan fingerprint density at radius 3 is 1.76 bits per heavy atom. The highest BCUT2D eigenvalue weighted by molar-refractivity contribution is 7.80. The standard InChI is InChI=1S/C25H42N2OS/c1-2-3-4-5-6-7-8-9-10-11-12-13-14-18-21-26-25(29)27-24(28)22-23-19-16-15-17-20-23/h15-17,19-20H,2-14,18,21-22H2,1H3,(H2,26,27,28,29). The third-order valence-corrected chi connectivity index (χ3v) is 5.52. The Labute approximate surface area is 184 Å². The number of nitrogens with one attached hydrogen (secondary N) is 2. The lowest BCUT2D eigenvalue weighted by Crippen LogP contribution is -2.40. The molecule has 164 valence electrons. The predicted molar refractivity (Wildman–Crippen MR) is 129 cm³/mol. The van der Waals surface area contributed by atoms with Crippen LogP contribution in [0.15, 0.2) is 30.3 Å². The van der Waals surface area contributed by atoms with Gasteiger partial charge in [-0.1, -0.05) is 121 Å². The molecule has 29 heavy (non-hydrogen) atoms. The summed E-state index contributed by atoms with van der Waals surface area (Å²) in [5.41, 5.74) is 1.000. The van der Waals surface area contributed by atoms with Crippen molar-refractivity contribution >= 4 is 23.2 Å². The Hall–Kier alpha value is -1.42. The van der Waals surface area contributed by atoms with Crippen molar-refractivity contribution in [3.05, 3.63) is 35.9 Å². The number of rotatable bonds is 17. The molecule has 0 radical (unpaired) electrons. The zero-order chi connectivity index (χ0) is 21.0. The van der Waals surface area contributed by atoms with Crippen LogP contribution in [-0.2, 0) is 11.2 Å². The van der Waals surface area contributed by atoms with Gasteiger partial charge in [0.25, 0.3) is 0 Å². The van der Waals surface area contributed by atoms with Crippen LogP contribution in [0.1, 0.15) is 102 Å². The van der Waals surface area contributed by atoms with E-state index in [2.05, 4.69) is 17.6 Å². The fourth-order valence-electron chi connectivity index (χ4n) is 3.52. The zero-order valence-corrected chi connectivity index (χ0v) is 19.3. The van der Waals surface area contributed by atoms with E-state index < -0.39 is 0 Å². The molecule has 1 aromatic rings. The Kier molecular flexibility index (Phi) is 16.4. The molecule has 0 saturated carbocycles. The van der Waals surface area contributed by atoms with E-state index in [1.807, 2.05) is 30.3 Å². The van der Waals surface area contributed by atoms with Crippen LogP contribution in [0.2, 0.25) is 0 Å². The van der Waals surface area contributed by atoms with Crippen LogP contribution < -0.4 is 10.6 Å². The SMILES string of the molecule is CCCCCCCCCCCCCCCCNC(=S)NC(=O)Cc1ccccc1. The third kappa shape index (κ3) is 16.1. The first-order chi connectivity index (χ1) is 14.2. The summed E-state index contributed by atoms with van der Waals surface area (Å²) >= 11 is 5.20. The lowest BCUT2D eigenvalue weighted by Gasteiger charge is -2.09. The molecular weight excluding hydrogens is 376 g/mol. The summed E-state index contributed by atoms with van der Waals surface area (Å²) in [6.07, 6.45) is 19.4. The Morgan fingerprint density at radius 1 is 0.759 bits per heavy atom. The van der Waals surface area contributed by atoms with Crippen molar-refractivity contribution in [3.63, 3.8) is 0 Å². The van der Waals surface area contributed by atoms with Crippen LogP contribution in [0.4, 0.5) is 0 Å². The molecule has 0 aliphatic rings. The van der Waals surface area contributed by atoms with E-state index in [0.717, 1.165) is 18.5 Å². The van der Waals surface area contributed by atoms with Gasteiger partial charge in [-0.25, -0.2) is 0 Å². The van der Waals surface area contributed by atoms with Gasteiger partial charge in [0.2, 0.25) is 5.91 Å². The number of benzene rings is 1. The number of carbonyl (C=O) groups excluding carboxylic acids is 1. The van der Waals surface area contributed by atoms with Gasteiger partial charge < -0.3 is 10.6 Å². The first kappa shape index (κ1) is 25.6. The number of amides is 1. The summed E-state index contributed by atoms with van der Waals surface area (Å²) in [5, 5.41) is 6.35. The molecular formula is C25H42N2OS. The minimum atomic E-state index is -0.0605. The van der Waals surface area contributed by atoms with Crippen LogP contribution in [0, 0.1) is 0 Å². The smallest absolute Gasteiger partial charge is 0.230 e. The molecule has 0 unspecified atom stereocenters. The highest BCUT2D eigenvalue weighted by Gasteiger charge is 2.05. The normalized spacial score (nSPS) is 10.7. The van der Waals surface area contributed by atoms with Gasteiger partial charge in [-0.3, -0.25) is 4.79 Å². The molecule has 0 atom stereocenters. The first-order valence-corrected chi connectivity index (χ1v) is 12.2. The van der Waals surface area contributed by atoms with Crippen LogP contribution in [0.3, 0.4) is 0 Å². The molecule has 1 aromatic carbocycles. The molecule has 0 heterocycles. The summed E-state index contributed by atoms with van der Waals surface area (Å²) in [5.74, 6) is -0.0605. The maximum atomic E-state index is 11.9. The molecule has 0 saturated heterocycles. The quantitative estimate of drug-likeness (QED) is 0.218. The number of thiocarbonyl (C=S) groups is 1. The van der Waals surface area contributed by atoms with Gasteiger partial charge >= 0.3 is 0 Å². The highest BCUT2D eigenvalue weighted by atomic mass is 32.1. The Bertz CT molecular complexity index is 533. The second kappa shape index (κ2) is 18.6. The number of hydrogen-bond acceptors (Lipinski definition) is 2. The molecule has 2 N–H and O–H groups in total. The predicted octanol–water partition coefficient (Wildman–Crippen LogP) is 6.70. The zero-order valence-electron chi connectivity index (χ0n) is 18.5. The summed E-state index contributed by atoms with van der Waals surface area (Å²) in [6.45, 7) is 3.11. The van der Waals surface area contributed by atoms with Crippen molar-refractivity contribution < 1.29 is 4.79 Å². The van der Waals surface area contributed by atoms with Gasteiger partial charge in [0.05, 0.1) is 6.42 Å². The van der Waals surface area contributed by atoms with E-state index in [1.165, 1.54) is 83.5 Å². The van der Waals surface area contributed by atoms with E-state index in [9.17, 15) is 4.79 Å². The lowest BCUT2D eigenvalue weighted by atomic mass is 10.0. The summed E-state index contributed by atoms with van der Waals surface area (Å²) in [7, 11) is 0. The number of carbonyl (C=O) groups is 1. The van der Waals surface area contributed by atoms with Gasteiger partial charge in [-0.05, 0) is 24.2 Å². The molecule has 0 aliphatic carbocycles. The fraction of sp³-hybridized carbons (Fsp3) is 0.680. The van der Waals surface area contributed by atoms with Crippen molar-refractivity contribution in [1.82, 2.24) is 10.6 Å². The van der Waals surface area contributed by atoms with E-state index in [-0.39, 0.29) is 5.91 Å². The van der Waals surface area contributed by atoms with Gasteiger partial charge in [0, 0.05) is 6.54 Å². The molecule has 0 fully saturated rings. The third-order valence-electron chi connectivity index (χ3n) is 5.28. The molecule has 0 aromatic heterocycles. The average molecular weight is 419 g/mol. The molecule has 0 spiro atoms. The van der Waals surface area contributed by atoms with Crippen LogP contribution >= 0.6 is 12.2 Å². The van der Waals surface area contributed by atoms with Gasteiger partial charge in [-0.2, -0.15) is 0 Å². The topological polar surface area (TPSA) is 41.1 Å². The van der Waals surface area contributed by atoms with Crippen LogP contribution in [0.25, 0.3) is 0 Å². The maximum Gasteiger partial charge on any atom is 0.230 e. The van der Waals surface area contributed by atoms with Crippen molar-refractivity contribution in [2.45, 2.75) is 103 Å². The van der Waals surface area contributed by atoms with Crippen LogP contribution in [-0.4, -0.2) is 17.6 Å². The first-order valence-electron chi connectivity index (χ1n) is 11.8. The molecule has 0 bridgehead atoms. The minimum absolute atomic E-state index is 0.0605. The summed E-state index contributed by atoms with van der Waals surface area (Å²) in [6, 6.07) is 9.73. The second-order valence-corrected chi connectivity index (χ2v) is 8.47. The lowest BCUT2D eigenvalue weighted by molar-refractivity contribution is -0.119. The monoisotopic (exact) mass is 418 g/mol. The van der Waals surface area contributed by atoms with Crippen molar-refractivity contribution in [1.29, 1.82) is 0 Å². The summed E-state index contributed by atoms with van der Waals surface area (Å²) in [4.78, 5) is 11.9. The molecule has 0 aliphatic heterocycles. The number of hydrogen-bond donors (Lipinski definition) is 2. The molecule has 4 heteroatoms. The van der Waals surface area contributed by atoms with Crippen molar-refractivity contribution in [2.75, 3.05) is 6.54 Å². The van der Waals surface area contributed by atoms with E-state index in [4.69, 9.17) is 12.2 Å². The highest BCUT2D eigenvalue weighted by Crippen LogP contribution is 2.12. The number of unbranched alkanes of at least 4 members (excludes halogenated alkanes) is 13. The molecule has 3 nitrogen and oxygen atoms in total. The van der Waals surface area contributed by atoms with E-state index in [0.29, 0.717) is 11.5 Å². The van der Waals surface area contributed by atoms with Gasteiger partial charge in [0.15, 0.2) is 5.11 Å². The molecule has 1 amide bonds. The van der Waals surface area contributed by atoms with Crippen LogP contribution in [0.5, 0.6) is 0 Å². The fourth-order valence-corrected chi connectivity index (χ4v) is 3.73. The summed E-state index contributed by atoms with van der Waals surface area (Å²) < 4.78 is 0. The second-order valence-electron chi connectivity index (χ2n) is 8.06. The maximum absolute atomic E-state index is 11.9. The van der Waals surface area contributed by atoms with E-state index in [1.54, 1.807) is 0 Å². The van der Waals surface area contributed by atoms with Gasteiger partial charge in [-0.15, -0.1) is 0 Å². The largest absolute Gasteiger partial charge is 0.362 e. The van der Waals surface area contributed by atoms with E-state index >= 15 is 0 Å². The van der Waals surface area contributed by atoms with Crippen molar-refractivity contribution in [2.24, 2.45) is 0 Å². The molecule has 1 rings (SSSR count). The Balaban J connectivity index is 1.83. The van der Waals surface area contributed by atoms with Gasteiger partial charge in [0.1, 0.15) is 0 Å². The van der Waals surface area contributed by atoms with Crippen molar-refractivity contribution in [3.8, 4) is 0 Å². The Morgan fingerprint density at radius 2 is 1.24 bits per heavy atom. The minimum Gasteiger partial charge on any atom is -0.362 e. The average Bonchev–Trinajstić information content (AvgIpc) is 2.71.